The fourth-order valence-corrected chi connectivity index (χ4v) is 10.8. The van der Waals surface area contributed by atoms with Gasteiger partial charge in [0.15, 0.2) is 0 Å². The first-order valence-corrected chi connectivity index (χ1v) is 15.5. The Kier molecular flexibility index (Phi) is 9.35. The number of hydrogen-bond acceptors (Lipinski definition) is 3. The van der Waals surface area contributed by atoms with Gasteiger partial charge < -0.3 is 0 Å². The quantitative estimate of drug-likeness (QED) is 0.252. The van der Waals surface area contributed by atoms with Crippen molar-refractivity contribution in [1.29, 1.82) is 0 Å². The van der Waals surface area contributed by atoms with Crippen LogP contribution in [0.2, 0.25) is 21.6 Å². The first kappa shape index (κ1) is 27.9. The minimum Gasteiger partial charge on any atom is -0.268 e. The molecule has 0 aliphatic rings. The highest BCUT2D eigenvalue weighted by atomic mass is 35.5. The van der Waals surface area contributed by atoms with Gasteiger partial charge in [-0.15, -0.1) is 5.54 Å². The third-order valence-electron chi connectivity index (χ3n) is 6.33. The molecule has 1 amide bonds. The fourth-order valence-electron chi connectivity index (χ4n) is 4.53. The Bertz CT molecular complexity index is 1180. The second-order valence-corrected chi connectivity index (χ2v) is 17.2. The molecular formula is C27H34ClNO3SSi. The number of benzene rings is 2. The summed E-state index contributed by atoms with van der Waals surface area (Å²) in [7, 11) is -6.06. The van der Waals surface area contributed by atoms with Crippen LogP contribution in [-0.2, 0) is 14.8 Å². The van der Waals surface area contributed by atoms with E-state index in [-0.39, 0.29) is 10.5 Å². The zero-order valence-corrected chi connectivity index (χ0v) is 23.5. The van der Waals surface area contributed by atoms with Gasteiger partial charge in [-0.1, -0.05) is 88.9 Å². The van der Waals surface area contributed by atoms with Gasteiger partial charge in [0.1, 0.15) is 8.07 Å². The van der Waals surface area contributed by atoms with Gasteiger partial charge in [0.2, 0.25) is 0 Å². The maximum atomic E-state index is 13.2. The molecule has 2 aromatic rings. The molecule has 0 aliphatic carbocycles. The molecular weight excluding hydrogens is 482 g/mol. The molecule has 0 heterocycles. The number of hydrogen-bond donors (Lipinski definition) is 1. The van der Waals surface area contributed by atoms with Crippen molar-refractivity contribution in [2.75, 3.05) is 0 Å². The molecule has 182 valence electrons. The first-order valence-electron chi connectivity index (χ1n) is 11.4. The Labute approximate surface area is 210 Å². The molecule has 2 aromatic carbocycles. The maximum Gasteiger partial charge on any atom is 0.266 e. The molecule has 0 saturated heterocycles. The van der Waals surface area contributed by atoms with Crippen molar-refractivity contribution >= 4 is 41.2 Å². The summed E-state index contributed by atoms with van der Waals surface area (Å²) in [6.45, 7) is 15.1. The van der Waals surface area contributed by atoms with Gasteiger partial charge >= 0.3 is 0 Å². The summed E-state index contributed by atoms with van der Waals surface area (Å²) in [6, 6.07) is 13.0. The van der Waals surface area contributed by atoms with Crippen molar-refractivity contribution in [3.8, 4) is 11.5 Å². The number of aryl methyl sites for hydroxylation is 1. The molecule has 4 nitrogen and oxygen atoms in total. The third kappa shape index (κ3) is 6.41. The summed E-state index contributed by atoms with van der Waals surface area (Å²) in [5, 5.41) is 0.521. The third-order valence-corrected chi connectivity index (χ3v) is 14.2. The lowest BCUT2D eigenvalue weighted by molar-refractivity contribution is -0.114. The average Bonchev–Trinajstić information content (AvgIpc) is 2.74. The molecule has 0 fully saturated rings. The minimum atomic E-state index is -4.04. The number of carbonyl (C=O) groups excluding carboxylic acids is 1. The second kappa shape index (κ2) is 11.4. The summed E-state index contributed by atoms with van der Waals surface area (Å²) >= 11 is 6.03. The second-order valence-electron chi connectivity index (χ2n) is 9.48. The van der Waals surface area contributed by atoms with Gasteiger partial charge in [-0.25, -0.2) is 13.1 Å². The lowest BCUT2D eigenvalue weighted by Gasteiger charge is -2.38. The summed E-state index contributed by atoms with van der Waals surface area (Å²) in [5.74, 6) is 2.43. The number of rotatable bonds is 7. The average molecular weight is 516 g/mol. The highest BCUT2D eigenvalue weighted by Gasteiger charge is 2.41. The van der Waals surface area contributed by atoms with Gasteiger partial charge in [0.05, 0.1) is 10.5 Å². The molecule has 1 N–H and O–H groups in total. The zero-order valence-electron chi connectivity index (χ0n) is 20.9. The largest absolute Gasteiger partial charge is 0.268 e. The van der Waals surface area contributed by atoms with E-state index in [0.717, 1.165) is 5.56 Å². The van der Waals surface area contributed by atoms with Crippen molar-refractivity contribution in [2.24, 2.45) is 0 Å². The highest BCUT2D eigenvalue weighted by Crippen LogP contribution is 2.40. The number of nitrogens with one attached hydrogen (secondary N) is 1. The van der Waals surface area contributed by atoms with E-state index in [9.17, 15) is 13.2 Å². The Hall–Kier alpha value is -2.33. The van der Waals surface area contributed by atoms with E-state index in [4.69, 9.17) is 11.6 Å². The van der Waals surface area contributed by atoms with E-state index in [1.54, 1.807) is 36.4 Å². The SMILES string of the molecule is Cc1ccc(S(=O)(=O)NC(=O)/C(=C\C#C[Si](C(C)C)(C(C)C)C(C)C)c2ccc(Cl)cc2)cc1. The van der Waals surface area contributed by atoms with Crippen LogP contribution in [0, 0.1) is 18.4 Å². The van der Waals surface area contributed by atoms with Gasteiger partial charge in [0.25, 0.3) is 15.9 Å². The van der Waals surface area contributed by atoms with Crippen LogP contribution in [0.4, 0.5) is 0 Å². The van der Waals surface area contributed by atoms with Crippen LogP contribution < -0.4 is 4.72 Å². The molecule has 0 atom stereocenters. The standard InChI is InChI=1S/C27H34ClNO3SSi/c1-19(2)34(20(3)4,21(5)6)18-8-9-26(23-12-14-24(28)15-13-23)27(30)29-33(31,32)25-16-10-22(7)11-17-25/h9-17,19-21H,1-7H3,(H,29,30)/b26-9-. The zero-order chi connectivity index (χ0) is 25.7. The van der Waals surface area contributed by atoms with Crippen LogP contribution >= 0.6 is 11.6 Å². The Morgan fingerprint density at radius 1 is 0.912 bits per heavy atom. The van der Waals surface area contributed by atoms with Crippen LogP contribution in [0.15, 0.2) is 59.5 Å². The number of carbonyl (C=O) groups is 1. The normalized spacial score (nSPS) is 12.6. The van der Waals surface area contributed by atoms with Gasteiger partial charge in [-0.2, -0.15) is 0 Å². The van der Waals surface area contributed by atoms with Crippen molar-refractivity contribution < 1.29 is 13.2 Å². The number of allylic oxidation sites excluding steroid dienone is 1. The van der Waals surface area contributed by atoms with Gasteiger partial charge in [-0.05, 0) is 53.4 Å². The first-order chi connectivity index (χ1) is 15.8. The molecule has 2 rings (SSSR count). The summed E-state index contributed by atoms with van der Waals surface area (Å²) in [6.07, 6.45) is 1.54. The Morgan fingerprint density at radius 3 is 1.88 bits per heavy atom. The van der Waals surface area contributed by atoms with Gasteiger partial charge in [0, 0.05) is 11.1 Å². The monoisotopic (exact) mass is 515 g/mol. The van der Waals surface area contributed by atoms with Crippen LogP contribution in [0.1, 0.15) is 52.7 Å². The highest BCUT2D eigenvalue weighted by molar-refractivity contribution is 7.90. The van der Waals surface area contributed by atoms with Gasteiger partial charge in [-0.3, -0.25) is 4.79 Å². The fraction of sp³-hybridized carbons (Fsp3) is 0.370. The molecule has 0 saturated carbocycles. The van der Waals surface area contributed by atoms with E-state index >= 15 is 0 Å². The molecule has 0 bridgehead atoms. The lowest BCUT2D eigenvalue weighted by Crippen LogP contribution is -2.43. The number of halogens is 1. The van der Waals surface area contributed by atoms with E-state index in [0.29, 0.717) is 27.2 Å². The number of sulfonamides is 1. The molecule has 34 heavy (non-hydrogen) atoms. The van der Waals surface area contributed by atoms with Crippen molar-refractivity contribution in [3.05, 3.63) is 70.8 Å². The summed E-state index contributed by atoms with van der Waals surface area (Å²) in [4.78, 5) is 13.2. The summed E-state index contributed by atoms with van der Waals surface area (Å²) in [5.41, 5.74) is 6.50. The molecule has 0 radical (unpaired) electrons. The van der Waals surface area contributed by atoms with Crippen molar-refractivity contribution in [1.82, 2.24) is 4.72 Å². The van der Waals surface area contributed by atoms with E-state index in [1.165, 1.54) is 18.2 Å². The minimum absolute atomic E-state index is 0.0267. The Balaban J connectivity index is 2.54. The predicted molar refractivity (Wildman–Crippen MR) is 145 cm³/mol. The van der Waals surface area contributed by atoms with Crippen molar-refractivity contribution in [2.45, 2.75) is 70.0 Å². The van der Waals surface area contributed by atoms with Crippen LogP contribution in [0.3, 0.4) is 0 Å². The smallest absolute Gasteiger partial charge is 0.266 e. The number of amides is 1. The predicted octanol–water partition coefficient (Wildman–Crippen LogP) is 6.76. The van der Waals surface area contributed by atoms with E-state index in [2.05, 4.69) is 57.7 Å². The summed E-state index contributed by atoms with van der Waals surface area (Å²) < 4.78 is 27.9. The molecule has 0 aliphatic heterocycles. The Morgan fingerprint density at radius 2 is 1.41 bits per heavy atom. The van der Waals surface area contributed by atoms with Crippen LogP contribution in [-0.4, -0.2) is 22.4 Å². The topological polar surface area (TPSA) is 63.2 Å². The molecule has 7 heteroatoms. The van der Waals surface area contributed by atoms with Crippen molar-refractivity contribution in [3.63, 3.8) is 0 Å². The van der Waals surface area contributed by atoms with E-state index < -0.39 is 24.0 Å². The van der Waals surface area contributed by atoms with Crippen LogP contribution in [0.25, 0.3) is 5.57 Å². The molecule has 0 unspecified atom stereocenters. The lowest BCUT2D eigenvalue weighted by atomic mass is 10.1. The van der Waals surface area contributed by atoms with Crippen LogP contribution in [0.5, 0.6) is 0 Å². The van der Waals surface area contributed by atoms with E-state index in [1.807, 2.05) is 6.92 Å². The molecule has 0 spiro atoms. The maximum absolute atomic E-state index is 13.2. The molecule has 0 aromatic heterocycles.